The van der Waals surface area contributed by atoms with Gasteiger partial charge in [-0.2, -0.15) is 0 Å². The number of hydrogen-bond acceptors (Lipinski definition) is 1. The number of rotatable bonds is 1. The Balaban J connectivity index is 1.56. The number of nitrogens with zero attached hydrogens (tertiary/aromatic N) is 1. The summed E-state index contributed by atoms with van der Waals surface area (Å²) in [5.74, 6) is 0. The van der Waals surface area contributed by atoms with Crippen LogP contribution in [0.4, 0.5) is 0 Å². The van der Waals surface area contributed by atoms with E-state index < -0.39 is 0 Å². The topological polar surface area (TPSA) is 4.93 Å². The van der Waals surface area contributed by atoms with E-state index in [0.29, 0.717) is 0 Å². The van der Waals surface area contributed by atoms with Gasteiger partial charge in [-0.15, -0.1) is 11.3 Å². The van der Waals surface area contributed by atoms with E-state index in [1.807, 2.05) is 6.07 Å². The summed E-state index contributed by atoms with van der Waals surface area (Å²) in [5, 5.41) is 11.0. The minimum Gasteiger partial charge on any atom is -0.309 e. The van der Waals surface area contributed by atoms with Crippen molar-refractivity contribution in [1.82, 2.24) is 4.57 Å². The molecule has 2 heterocycles. The Morgan fingerprint density at radius 2 is 1.20 bits per heavy atom. The quantitative estimate of drug-likeness (QED) is 0.219. The third kappa shape index (κ3) is 2.70. The molecule has 0 N–H and O–H groups in total. The van der Waals surface area contributed by atoms with Crippen molar-refractivity contribution in [2.24, 2.45) is 0 Å². The standard InChI is InChI=1S/C32H18ClNS/c33-21-11-14-25-26-15-12-22(18-30(26)35-29(25)17-21)34-28-16-10-19-5-1-3-7-23(19)31(28)27-13-9-20-6-2-4-8-24(20)32(27)34/h1-18H. The highest BCUT2D eigenvalue weighted by molar-refractivity contribution is 7.25. The summed E-state index contributed by atoms with van der Waals surface area (Å²) >= 11 is 8.10. The van der Waals surface area contributed by atoms with Gasteiger partial charge in [0.25, 0.3) is 0 Å². The van der Waals surface area contributed by atoms with Crippen molar-refractivity contribution in [2.45, 2.75) is 0 Å². The summed E-state index contributed by atoms with van der Waals surface area (Å²) in [4.78, 5) is 0. The fourth-order valence-electron chi connectivity index (χ4n) is 5.69. The van der Waals surface area contributed by atoms with Crippen LogP contribution in [-0.4, -0.2) is 4.57 Å². The van der Waals surface area contributed by atoms with Gasteiger partial charge in [-0.25, -0.2) is 0 Å². The summed E-state index contributed by atoms with van der Waals surface area (Å²) < 4.78 is 4.95. The molecule has 0 saturated carbocycles. The maximum atomic E-state index is 6.30. The van der Waals surface area contributed by atoms with Gasteiger partial charge in [0, 0.05) is 47.0 Å². The number of thiophene rings is 1. The highest BCUT2D eigenvalue weighted by atomic mass is 35.5. The van der Waals surface area contributed by atoms with Crippen molar-refractivity contribution < 1.29 is 0 Å². The first-order valence-corrected chi connectivity index (χ1v) is 12.9. The molecule has 0 bridgehead atoms. The SMILES string of the molecule is Clc1ccc2c(c1)sc1cc(-n3c4ccc5ccccc5c4c4ccc5ccccc5c43)ccc12. The van der Waals surface area contributed by atoms with E-state index in [1.165, 1.54) is 69.2 Å². The van der Waals surface area contributed by atoms with Gasteiger partial charge in [-0.1, -0.05) is 90.5 Å². The first-order chi connectivity index (χ1) is 17.3. The fourth-order valence-corrected chi connectivity index (χ4v) is 7.11. The summed E-state index contributed by atoms with van der Waals surface area (Å²) in [5.41, 5.74) is 3.68. The lowest BCUT2D eigenvalue weighted by molar-refractivity contribution is 1.19. The van der Waals surface area contributed by atoms with Gasteiger partial charge in [0.2, 0.25) is 0 Å². The third-order valence-electron chi connectivity index (χ3n) is 7.22. The highest BCUT2D eigenvalue weighted by Crippen LogP contribution is 2.42. The normalized spacial score (nSPS) is 12.1. The minimum atomic E-state index is 0.782. The maximum Gasteiger partial charge on any atom is 0.0619 e. The molecule has 0 radical (unpaired) electrons. The van der Waals surface area contributed by atoms with Crippen molar-refractivity contribution in [3.05, 3.63) is 114 Å². The molecule has 2 aromatic heterocycles. The Morgan fingerprint density at radius 3 is 2.06 bits per heavy atom. The van der Waals surface area contributed by atoms with E-state index in [1.54, 1.807) is 11.3 Å². The van der Waals surface area contributed by atoms with Crippen LogP contribution in [0.3, 0.4) is 0 Å². The van der Waals surface area contributed by atoms with E-state index in [4.69, 9.17) is 11.6 Å². The van der Waals surface area contributed by atoms with Crippen LogP contribution in [0.15, 0.2) is 109 Å². The molecule has 164 valence electrons. The van der Waals surface area contributed by atoms with Crippen LogP contribution in [0, 0.1) is 0 Å². The zero-order chi connectivity index (χ0) is 23.1. The number of benzene rings is 6. The number of fused-ring (bicyclic) bond motifs is 10. The van der Waals surface area contributed by atoms with Crippen LogP contribution < -0.4 is 0 Å². The van der Waals surface area contributed by atoms with Crippen LogP contribution in [0.2, 0.25) is 5.02 Å². The van der Waals surface area contributed by atoms with Crippen LogP contribution in [0.1, 0.15) is 0 Å². The summed E-state index contributed by atoms with van der Waals surface area (Å²) in [7, 11) is 0. The van der Waals surface area contributed by atoms with Crippen LogP contribution >= 0.6 is 22.9 Å². The summed E-state index contributed by atoms with van der Waals surface area (Å²) in [6.07, 6.45) is 0. The van der Waals surface area contributed by atoms with E-state index >= 15 is 0 Å². The van der Waals surface area contributed by atoms with E-state index in [0.717, 1.165) is 5.02 Å². The number of aromatic nitrogens is 1. The second-order valence-electron chi connectivity index (χ2n) is 9.12. The highest BCUT2D eigenvalue weighted by Gasteiger charge is 2.17. The molecule has 0 aliphatic rings. The second-order valence-corrected chi connectivity index (χ2v) is 10.6. The predicted octanol–water partition coefficient (Wildman–Crippen LogP) is 10.1. The molecule has 0 unspecified atom stereocenters. The van der Waals surface area contributed by atoms with Gasteiger partial charge in [-0.05, 0) is 46.5 Å². The Hall–Kier alpha value is -3.85. The van der Waals surface area contributed by atoms with Gasteiger partial charge >= 0.3 is 0 Å². The molecular weight excluding hydrogens is 466 g/mol. The Kier molecular flexibility index (Phi) is 3.94. The molecule has 35 heavy (non-hydrogen) atoms. The zero-order valence-electron chi connectivity index (χ0n) is 18.6. The van der Waals surface area contributed by atoms with Crippen LogP contribution in [0.25, 0.3) is 69.2 Å². The Bertz CT molecular complexity index is 2130. The predicted molar refractivity (Wildman–Crippen MR) is 154 cm³/mol. The van der Waals surface area contributed by atoms with E-state index in [2.05, 4.69) is 108 Å². The van der Waals surface area contributed by atoms with Crippen molar-refractivity contribution >= 4 is 86.5 Å². The van der Waals surface area contributed by atoms with Crippen LogP contribution in [0.5, 0.6) is 0 Å². The summed E-state index contributed by atoms with van der Waals surface area (Å²) in [6.45, 7) is 0. The number of hydrogen-bond donors (Lipinski definition) is 0. The molecule has 3 heteroatoms. The smallest absolute Gasteiger partial charge is 0.0619 e. The van der Waals surface area contributed by atoms with Crippen molar-refractivity contribution in [2.75, 3.05) is 0 Å². The fraction of sp³-hybridized carbons (Fsp3) is 0. The Morgan fingerprint density at radius 1 is 0.543 bits per heavy atom. The average molecular weight is 484 g/mol. The average Bonchev–Trinajstić information content (AvgIpc) is 3.43. The molecule has 1 nitrogen and oxygen atoms in total. The molecule has 0 atom stereocenters. The molecule has 8 aromatic rings. The molecule has 0 fully saturated rings. The van der Waals surface area contributed by atoms with Gasteiger partial charge in [-0.3, -0.25) is 0 Å². The lowest BCUT2D eigenvalue weighted by Gasteiger charge is -2.10. The third-order valence-corrected chi connectivity index (χ3v) is 8.57. The van der Waals surface area contributed by atoms with Crippen molar-refractivity contribution in [3.63, 3.8) is 0 Å². The van der Waals surface area contributed by atoms with Gasteiger partial charge < -0.3 is 4.57 Å². The second kappa shape index (κ2) is 7.08. The lowest BCUT2D eigenvalue weighted by Crippen LogP contribution is -1.94. The minimum absolute atomic E-state index is 0.782. The summed E-state index contributed by atoms with van der Waals surface area (Å²) in [6, 6.07) is 39.5. The van der Waals surface area contributed by atoms with Gasteiger partial charge in [0.05, 0.1) is 11.0 Å². The molecule has 8 rings (SSSR count). The van der Waals surface area contributed by atoms with Crippen molar-refractivity contribution in [1.29, 1.82) is 0 Å². The van der Waals surface area contributed by atoms with Gasteiger partial charge in [0.15, 0.2) is 0 Å². The van der Waals surface area contributed by atoms with E-state index in [-0.39, 0.29) is 0 Å². The molecule has 0 aliphatic heterocycles. The molecular formula is C32H18ClNS. The lowest BCUT2D eigenvalue weighted by atomic mass is 10.0. The van der Waals surface area contributed by atoms with Crippen molar-refractivity contribution in [3.8, 4) is 5.69 Å². The molecule has 0 spiro atoms. The molecule has 0 aliphatic carbocycles. The van der Waals surface area contributed by atoms with Crippen LogP contribution in [-0.2, 0) is 0 Å². The number of halogens is 1. The molecule has 0 saturated heterocycles. The van der Waals surface area contributed by atoms with Gasteiger partial charge in [0.1, 0.15) is 0 Å². The van der Waals surface area contributed by atoms with E-state index in [9.17, 15) is 0 Å². The maximum absolute atomic E-state index is 6.30. The molecule has 6 aromatic carbocycles. The largest absolute Gasteiger partial charge is 0.309 e. The Labute approximate surface area is 210 Å². The zero-order valence-corrected chi connectivity index (χ0v) is 20.2. The molecule has 0 amide bonds. The first-order valence-electron chi connectivity index (χ1n) is 11.7. The first kappa shape index (κ1) is 19.5. The monoisotopic (exact) mass is 483 g/mol.